The van der Waals surface area contributed by atoms with Crippen molar-refractivity contribution in [2.45, 2.75) is 12.8 Å². The molecule has 0 spiro atoms. The van der Waals surface area contributed by atoms with Gasteiger partial charge in [0.1, 0.15) is 6.61 Å². The number of rotatable bonds is 4. The van der Waals surface area contributed by atoms with Gasteiger partial charge in [0.15, 0.2) is 0 Å². The fourth-order valence-electron chi connectivity index (χ4n) is 2.74. The molecule has 0 saturated heterocycles. The SMILES string of the molecule is O=C(O)C1CCC2C(C(=O)OCCI)C12. The van der Waals surface area contributed by atoms with E-state index in [1.807, 2.05) is 0 Å². The first-order chi connectivity index (χ1) is 7.16. The van der Waals surface area contributed by atoms with Crippen molar-refractivity contribution >= 4 is 34.5 Å². The zero-order chi connectivity index (χ0) is 11.0. The Kier molecular flexibility index (Phi) is 3.18. The molecule has 4 nitrogen and oxygen atoms in total. The molecule has 2 rings (SSSR count). The van der Waals surface area contributed by atoms with Crippen LogP contribution in [0.1, 0.15) is 12.8 Å². The Balaban J connectivity index is 1.89. The largest absolute Gasteiger partial charge is 0.481 e. The maximum atomic E-state index is 11.5. The van der Waals surface area contributed by atoms with Gasteiger partial charge in [-0.15, -0.1) is 0 Å². The van der Waals surface area contributed by atoms with E-state index in [0.717, 1.165) is 17.3 Å². The standard InChI is InChI=1S/C10H13IO4/c11-3-4-15-10(14)8-5-1-2-6(7(5)8)9(12)13/h5-8H,1-4H2,(H,12,13). The Morgan fingerprint density at radius 1 is 1.40 bits per heavy atom. The number of carboxylic acid groups (broad SMARTS) is 1. The van der Waals surface area contributed by atoms with Gasteiger partial charge in [-0.1, -0.05) is 22.6 Å². The number of aliphatic carboxylic acids is 1. The van der Waals surface area contributed by atoms with Crippen LogP contribution >= 0.6 is 22.6 Å². The highest BCUT2D eigenvalue weighted by atomic mass is 127. The van der Waals surface area contributed by atoms with Crippen LogP contribution in [-0.4, -0.2) is 28.1 Å². The lowest BCUT2D eigenvalue weighted by Gasteiger charge is -2.08. The summed E-state index contributed by atoms with van der Waals surface area (Å²) in [6.45, 7) is 0.438. The topological polar surface area (TPSA) is 63.6 Å². The number of carboxylic acids is 1. The van der Waals surface area contributed by atoms with Gasteiger partial charge in [-0.2, -0.15) is 0 Å². The molecule has 84 valence electrons. The summed E-state index contributed by atoms with van der Waals surface area (Å²) in [6.07, 6.45) is 1.59. The Morgan fingerprint density at radius 3 is 2.73 bits per heavy atom. The van der Waals surface area contributed by atoms with Crippen molar-refractivity contribution in [2.24, 2.45) is 23.7 Å². The number of esters is 1. The highest BCUT2D eigenvalue weighted by molar-refractivity contribution is 14.1. The zero-order valence-corrected chi connectivity index (χ0v) is 10.3. The average Bonchev–Trinajstić information content (AvgIpc) is 2.74. The quantitative estimate of drug-likeness (QED) is 0.481. The molecule has 4 unspecified atom stereocenters. The smallest absolute Gasteiger partial charge is 0.309 e. The maximum Gasteiger partial charge on any atom is 0.309 e. The molecule has 2 aliphatic carbocycles. The summed E-state index contributed by atoms with van der Waals surface area (Å²) >= 11 is 2.14. The summed E-state index contributed by atoms with van der Waals surface area (Å²) in [5, 5.41) is 8.93. The van der Waals surface area contributed by atoms with Gasteiger partial charge in [-0.3, -0.25) is 9.59 Å². The lowest BCUT2D eigenvalue weighted by molar-refractivity contribution is -0.146. The van der Waals surface area contributed by atoms with Gasteiger partial charge in [-0.25, -0.2) is 0 Å². The predicted octanol–water partition coefficient (Wildman–Crippen LogP) is 1.32. The Labute approximate surface area is 102 Å². The summed E-state index contributed by atoms with van der Waals surface area (Å²) in [7, 11) is 0. The first kappa shape index (κ1) is 11.2. The van der Waals surface area contributed by atoms with Crippen molar-refractivity contribution in [3.05, 3.63) is 0 Å². The third kappa shape index (κ3) is 1.98. The van der Waals surface area contributed by atoms with E-state index in [-0.39, 0.29) is 29.6 Å². The van der Waals surface area contributed by atoms with Gasteiger partial charge in [0.2, 0.25) is 0 Å². The van der Waals surface area contributed by atoms with Gasteiger partial charge < -0.3 is 9.84 Å². The van der Waals surface area contributed by atoms with Crippen molar-refractivity contribution in [3.63, 3.8) is 0 Å². The van der Waals surface area contributed by atoms with Gasteiger partial charge in [0.05, 0.1) is 11.8 Å². The molecular weight excluding hydrogens is 311 g/mol. The molecule has 4 atom stereocenters. The van der Waals surface area contributed by atoms with Crippen molar-refractivity contribution in [3.8, 4) is 0 Å². The van der Waals surface area contributed by atoms with Gasteiger partial charge in [0, 0.05) is 4.43 Å². The second kappa shape index (κ2) is 4.27. The van der Waals surface area contributed by atoms with Crippen LogP contribution in [-0.2, 0) is 14.3 Å². The third-order valence-corrected chi connectivity index (χ3v) is 3.86. The number of ether oxygens (including phenoxy) is 1. The number of alkyl halides is 1. The number of fused-ring (bicyclic) bond motifs is 1. The summed E-state index contributed by atoms with van der Waals surface area (Å²) in [5.41, 5.74) is 0. The molecule has 1 N–H and O–H groups in total. The van der Waals surface area contributed by atoms with Crippen LogP contribution < -0.4 is 0 Å². The van der Waals surface area contributed by atoms with E-state index in [0.29, 0.717) is 6.61 Å². The minimum absolute atomic E-state index is 0.0595. The van der Waals surface area contributed by atoms with Gasteiger partial charge in [-0.05, 0) is 24.7 Å². The zero-order valence-electron chi connectivity index (χ0n) is 8.19. The van der Waals surface area contributed by atoms with E-state index in [1.54, 1.807) is 0 Å². The Morgan fingerprint density at radius 2 is 2.13 bits per heavy atom. The summed E-state index contributed by atoms with van der Waals surface area (Å²) in [4.78, 5) is 22.4. The molecule has 5 heteroatoms. The van der Waals surface area contributed by atoms with Crippen LogP contribution in [0.5, 0.6) is 0 Å². The fourth-order valence-corrected chi connectivity index (χ4v) is 2.96. The maximum absolute atomic E-state index is 11.5. The van der Waals surface area contributed by atoms with Crippen molar-refractivity contribution in [1.29, 1.82) is 0 Å². The molecule has 0 aromatic carbocycles. The minimum atomic E-state index is -0.758. The van der Waals surface area contributed by atoms with Crippen LogP contribution in [0, 0.1) is 23.7 Å². The van der Waals surface area contributed by atoms with E-state index in [4.69, 9.17) is 9.84 Å². The monoisotopic (exact) mass is 324 g/mol. The molecule has 0 aliphatic heterocycles. The molecule has 0 radical (unpaired) electrons. The highest BCUT2D eigenvalue weighted by Gasteiger charge is 2.64. The number of carbonyl (C=O) groups excluding carboxylic acids is 1. The third-order valence-electron chi connectivity index (χ3n) is 3.42. The molecule has 2 aliphatic rings. The summed E-state index contributed by atoms with van der Waals surface area (Å²) in [5.74, 6) is -1.04. The Bertz CT molecular complexity index is 291. The second-order valence-electron chi connectivity index (χ2n) is 4.15. The van der Waals surface area contributed by atoms with E-state index < -0.39 is 5.97 Å². The van der Waals surface area contributed by atoms with Gasteiger partial charge in [0.25, 0.3) is 0 Å². The average molecular weight is 324 g/mol. The molecular formula is C10H13IO4. The number of hydrogen-bond acceptors (Lipinski definition) is 3. The first-order valence-electron chi connectivity index (χ1n) is 5.12. The number of hydrogen-bond donors (Lipinski definition) is 1. The Hall–Kier alpha value is -0.330. The second-order valence-corrected chi connectivity index (χ2v) is 5.22. The molecule has 15 heavy (non-hydrogen) atoms. The fraction of sp³-hybridized carbons (Fsp3) is 0.800. The summed E-state index contributed by atoms with van der Waals surface area (Å²) in [6, 6.07) is 0. The molecule has 0 aromatic rings. The molecule has 0 amide bonds. The number of carbonyl (C=O) groups is 2. The molecule has 0 aromatic heterocycles. The van der Waals surface area contributed by atoms with Crippen LogP contribution in [0.3, 0.4) is 0 Å². The van der Waals surface area contributed by atoms with Crippen LogP contribution in [0.15, 0.2) is 0 Å². The molecule has 2 fully saturated rings. The van der Waals surface area contributed by atoms with Crippen molar-refractivity contribution in [1.82, 2.24) is 0 Å². The lowest BCUT2D eigenvalue weighted by atomic mass is 10.0. The van der Waals surface area contributed by atoms with Crippen LogP contribution in [0.2, 0.25) is 0 Å². The van der Waals surface area contributed by atoms with E-state index in [1.165, 1.54) is 0 Å². The van der Waals surface area contributed by atoms with Crippen LogP contribution in [0.4, 0.5) is 0 Å². The van der Waals surface area contributed by atoms with Crippen LogP contribution in [0.25, 0.3) is 0 Å². The predicted molar refractivity (Wildman–Crippen MR) is 60.7 cm³/mol. The summed E-state index contributed by atoms with van der Waals surface area (Å²) < 4.78 is 5.83. The van der Waals surface area contributed by atoms with E-state index >= 15 is 0 Å². The van der Waals surface area contributed by atoms with Crippen molar-refractivity contribution in [2.75, 3.05) is 11.0 Å². The molecule has 2 saturated carbocycles. The molecule has 0 bridgehead atoms. The van der Waals surface area contributed by atoms with E-state index in [9.17, 15) is 9.59 Å². The van der Waals surface area contributed by atoms with Gasteiger partial charge >= 0.3 is 11.9 Å². The highest BCUT2D eigenvalue weighted by Crippen LogP contribution is 2.60. The van der Waals surface area contributed by atoms with E-state index in [2.05, 4.69) is 22.6 Å². The molecule has 0 heterocycles. The minimum Gasteiger partial charge on any atom is -0.481 e. The normalized spacial score (nSPS) is 37.1. The lowest BCUT2D eigenvalue weighted by Crippen LogP contribution is -2.19. The first-order valence-corrected chi connectivity index (χ1v) is 6.64. The number of halogens is 1. The van der Waals surface area contributed by atoms with Crippen molar-refractivity contribution < 1.29 is 19.4 Å².